The summed E-state index contributed by atoms with van der Waals surface area (Å²) in [6.07, 6.45) is 6.65. The minimum absolute atomic E-state index is 0.0250. The van der Waals surface area contributed by atoms with Crippen LogP contribution in [0.25, 0.3) is 11.0 Å². The number of furan rings is 1. The van der Waals surface area contributed by atoms with Gasteiger partial charge in [0.05, 0.1) is 31.9 Å². The third kappa shape index (κ3) is 5.54. The summed E-state index contributed by atoms with van der Waals surface area (Å²) in [5.41, 5.74) is 2.07. The summed E-state index contributed by atoms with van der Waals surface area (Å²) in [6.45, 7) is 5.77. The Morgan fingerprint density at radius 2 is 1.85 bits per heavy atom. The number of aryl methyl sites for hydroxylation is 1. The maximum Gasteiger partial charge on any atom is 0.289 e. The Hall–Kier alpha value is -3.52. The fourth-order valence-electron chi connectivity index (χ4n) is 6.68. The van der Waals surface area contributed by atoms with E-state index in [9.17, 15) is 9.59 Å². The molecule has 3 aliphatic heterocycles. The van der Waals surface area contributed by atoms with Crippen LogP contribution in [0, 0.1) is 12.3 Å². The van der Waals surface area contributed by atoms with E-state index < -0.39 is 0 Å². The molecule has 3 aromatic rings. The molecule has 1 atom stereocenters. The Labute approximate surface area is 241 Å². The number of rotatable bonds is 2. The molecule has 1 aromatic heterocycles. The number of methoxy groups -OCH3 is 1. The lowest BCUT2D eigenvalue weighted by Gasteiger charge is -2.42. The van der Waals surface area contributed by atoms with Gasteiger partial charge in [-0.05, 0) is 75.8 Å². The lowest BCUT2D eigenvalue weighted by Crippen LogP contribution is -2.45. The van der Waals surface area contributed by atoms with Crippen molar-refractivity contribution in [1.82, 2.24) is 9.80 Å². The minimum atomic E-state index is -0.0798. The van der Waals surface area contributed by atoms with E-state index in [0.717, 1.165) is 68.2 Å². The summed E-state index contributed by atoms with van der Waals surface area (Å²) in [6, 6.07) is 13.4. The van der Waals surface area contributed by atoms with Crippen LogP contribution in [0.2, 0.25) is 0 Å². The number of benzene rings is 2. The fourth-order valence-corrected chi connectivity index (χ4v) is 6.68. The van der Waals surface area contributed by atoms with Gasteiger partial charge in [-0.2, -0.15) is 0 Å². The molecule has 8 heteroatoms. The zero-order valence-electron chi connectivity index (χ0n) is 24.2. The number of hydrogen-bond acceptors (Lipinski definition) is 6. The summed E-state index contributed by atoms with van der Waals surface area (Å²) in [5, 5.41) is 0.899. The van der Waals surface area contributed by atoms with E-state index in [-0.39, 0.29) is 23.3 Å². The van der Waals surface area contributed by atoms with Gasteiger partial charge >= 0.3 is 0 Å². The lowest BCUT2D eigenvalue weighted by atomic mass is 9.75. The van der Waals surface area contributed by atoms with Gasteiger partial charge in [0, 0.05) is 42.6 Å². The van der Waals surface area contributed by atoms with Gasteiger partial charge in [0.15, 0.2) is 5.76 Å². The Bertz CT molecular complexity index is 1410. The molecule has 6 rings (SSSR count). The van der Waals surface area contributed by atoms with Gasteiger partial charge in [-0.1, -0.05) is 18.6 Å². The van der Waals surface area contributed by atoms with Gasteiger partial charge in [-0.3, -0.25) is 9.59 Å². The zero-order chi connectivity index (χ0) is 28.4. The van der Waals surface area contributed by atoms with Gasteiger partial charge in [-0.25, -0.2) is 0 Å². The molecule has 0 unspecified atom stereocenters. The van der Waals surface area contributed by atoms with Crippen LogP contribution in [0.5, 0.6) is 11.5 Å². The molecule has 0 bridgehead atoms. The Morgan fingerprint density at radius 3 is 2.68 bits per heavy atom. The van der Waals surface area contributed by atoms with Crippen molar-refractivity contribution in [2.45, 2.75) is 57.9 Å². The molecule has 218 valence electrons. The zero-order valence-corrected chi connectivity index (χ0v) is 24.2. The molecule has 2 aromatic carbocycles. The lowest BCUT2D eigenvalue weighted by molar-refractivity contribution is 0.0290. The molecular formula is C33H40N2O6. The molecule has 41 heavy (non-hydrogen) atoms. The van der Waals surface area contributed by atoms with Crippen LogP contribution >= 0.6 is 0 Å². The standard InChI is InChI=1S/C33H40N2O6/c1-23-27-20-25(38-2)11-12-29(27)41-30(23)32(37)34-17-14-33(15-18-34)13-5-6-19-39-21-24-8-7-16-35(24)31(36)26-9-3-4-10-28(26)40-22-33/h3-4,9-12,20,24H,5-8,13-19,21-22H2,1-2H3/t24-/m0/s1. The van der Waals surface area contributed by atoms with Crippen molar-refractivity contribution >= 4 is 22.8 Å². The van der Waals surface area contributed by atoms with Crippen LogP contribution in [0.1, 0.15) is 71.4 Å². The number of piperidine rings is 1. The first kappa shape index (κ1) is 27.6. The van der Waals surface area contributed by atoms with Crippen molar-refractivity contribution in [2.24, 2.45) is 5.41 Å². The van der Waals surface area contributed by atoms with E-state index in [4.69, 9.17) is 18.6 Å². The summed E-state index contributed by atoms with van der Waals surface area (Å²) in [4.78, 5) is 31.0. The third-order valence-electron chi connectivity index (χ3n) is 9.29. The first-order valence-electron chi connectivity index (χ1n) is 14.9. The van der Waals surface area contributed by atoms with Crippen molar-refractivity contribution < 1.29 is 28.2 Å². The minimum Gasteiger partial charge on any atom is -0.497 e. The summed E-state index contributed by atoms with van der Waals surface area (Å²) in [5.74, 6) is 1.74. The van der Waals surface area contributed by atoms with Crippen molar-refractivity contribution in [3.05, 3.63) is 59.4 Å². The number of likely N-dealkylation sites (tertiary alicyclic amines) is 1. The van der Waals surface area contributed by atoms with Crippen LogP contribution in [0.4, 0.5) is 0 Å². The molecule has 1 spiro atoms. The van der Waals surface area contributed by atoms with Gasteiger partial charge in [0.1, 0.15) is 17.1 Å². The second-order valence-corrected chi connectivity index (χ2v) is 11.8. The molecule has 0 N–H and O–H groups in total. The van der Waals surface area contributed by atoms with Gasteiger partial charge in [0.2, 0.25) is 0 Å². The number of hydrogen-bond donors (Lipinski definition) is 0. The van der Waals surface area contributed by atoms with E-state index in [1.54, 1.807) is 7.11 Å². The molecule has 2 fully saturated rings. The van der Waals surface area contributed by atoms with E-state index in [0.29, 0.717) is 55.6 Å². The number of para-hydroxylation sites is 1. The molecule has 0 saturated carbocycles. The maximum atomic E-state index is 13.6. The molecule has 4 heterocycles. The maximum absolute atomic E-state index is 13.6. The number of amides is 2. The molecule has 8 nitrogen and oxygen atoms in total. The van der Waals surface area contributed by atoms with Crippen LogP contribution in [-0.2, 0) is 4.74 Å². The highest BCUT2D eigenvalue weighted by Crippen LogP contribution is 2.39. The van der Waals surface area contributed by atoms with E-state index in [1.165, 1.54) is 0 Å². The van der Waals surface area contributed by atoms with Crippen LogP contribution < -0.4 is 9.47 Å². The highest BCUT2D eigenvalue weighted by molar-refractivity contribution is 5.99. The number of carbonyl (C=O) groups excluding carboxylic acids is 2. The second-order valence-electron chi connectivity index (χ2n) is 11.8. The summed E-state index contributed by atoms with van der Waals surface area (Å²) >= 11 is 0. The van der Waals surface area contributed by atoms with Gasteiger partial charge in [-0.15, -0.1) is 0 Å². The van der Waals surface area contributed by atoms with E-state index >= 15 is 0 Å². The summed E-state index contributed by atoms with van der Waals surface area (Å²) in [7, 11) is 1.63. The summed E-state index contributed by atoms with van der Waals surface area (Å²) < 4.78 is 23.9. The Balaban J connectivity index is 1.19. The van der Waals surface area contributed by atoms with Crippen molar-refractivity contribution in [3.63, 3.8) is 0 Å². The Morgan fingerprint density at radius 1 is 1.02 bits per heavy atom. The van der Waals surface area contributed by atoms with Gasteiger partial charge < -0.3 is 28.4 Å². The predicted molar refractivity (Wildman–Crippen MR) is 156 cm³/mol. The van der Waals surface area contributed by atoms with Crippen LogP contribution in [0.15, 0.2) is 46.9 Å². The highest BCUT2D eigenvalue weighted by atomic mass is 16.5. The molecular weight excluding hydrogens is 520 g/mol. The van der Waals surface area contributed by atoms with Crippen LogP contribution in [0.3, 0.4) is 0 Å². The monoisotopic (exact) mass is 560 g/mol. The number of nitrogens with zero attached hydrogens (tertiary/aromatic N) is 2. The Kier molecular flexibility index (Phi) is 7.93. The second kappa shape index (κ2) is 11.8. The molecule has 2 saturated heterocycles. The first-order valence-corrected chi connectivity index (χ1v) is 14.9. The van der Waals surface area contributed by atoms with Crippen molar-refractivity contribution in [1.29, 1.82) is 0 Å². The van der Waals surface area contributed by atoms with Crippen molar-refractivity contribution in [3.8, 4) is 11.5 Å². The number of fused-ring (bicyclic) bond motifs is 3. The first-order chi connectivity index (χ1) is 20.0. The van der Waals surface area contributed by atoms with E-state index in [1.807, 2.05) is 59.2 Å². The third-order valence-corrected chi connectivity index (χ3v) is 9.29. The largest absolute Gasteiger partial charge is 0.497 e. The molecule has 3 aliphatic rings. The highest BCUT2D eigenvalue weighted by Gasteiger charge is 2.38. The quantitative estimate of drug-likeness (QED) is 0.391. The van der Waals surface area contributed by atoms with E-state index in [2.05, 4.69) is 0 Å². The van der Waals surface area contributed by atoms with Gasteiger partial charge in [0.25, 0.3) is 11.8 Å². The number of carbonyl (C=O) groups is 2. The average molecular weight is 561 g/mol. The topological polar surface area (TPSA) is 81.5 Å². The number of ether oxygens (including phenoxy) is 3. The molecule has 0 radical (unpaired) electrons. The van der Waals surface area contributed by atoms with Crippen LogP contribution in [-0.4, -0.2) is 74.2 Å². The average Bonchev–Trinajstić information content (AvgIpc) is 3.61. The van der Waals surface area contributed by atoms with Crippen molar-refractivity contribution in [2.75, 3.05) is 46.6 Å². The predicted octanol–water partition coefficient (Wildman–Crippen LogP) is 5.86. The smallest absolute Gasteiger partial charge is 0.289 e. The molecule has 0 aliphatic carbocycles. The SMILES string of the molecule is COc1ccc2oc(C(=O)N3CCC4(CCCCOC[C@@H]5CCCN5C(=O)c5ccccc5OC4)CC3)c(C)c2c1. The fraction of sp³-hybridized carbons (Fsp3) is 0.515. The normalized spacial score (nSPS) is 21.7. The molecule has 2 amide bonds.